The highest BCUT2D eigenvalue weighted by Crippen LogP contribution is 2.31. The van der Waals surface area contributed by atoms with E-state index < -0.39 is 15.9 Å². The number of rotatable bonds is 5. The first-order valence-corrected chi connectivity index (χ1v) is 9.60. The molecule has 1 aromatic rings. The van der Waals surface area contributed by atoms with Gasteiger partial charge in [0, 0.05) is 25.5 Å². The van der Waals surface area contributed by atoms with Crippen LogP contribution in [0.2, 0.25) is 0 Å². The summed E-state index contributed by atoms with van der Waals surface area (Å²) in [5, 5.41) is 0. The lowest BCUT2D eigenvalue weighted by atomic mass is 10.1. The van der Waals surface area contributed by atoms with Gasteiger partial charge in [-0.15, -0.1) is 0 Å². The van der Waals surface area contributed by atoms with E-state index in [0.29, 0.717) is 37.7 Å². The number of carbonyl (C=O) groups is 1. The van der Waals surface area contributed by atoms with Gasteiger partial charge in [0.15, 0.2) is 11.5 Å². The van der Waals surface area contributed by atoms with Crippen molar-refractivity contribution in [1.29, 1.82) is 0 Å². The van der Waals surface area contributed by atoms with Crippen LogP contribution < -0.4 is 14.2 Å². The van der Waals surface area contributed by atoms with E-state index in [1.54, 1.807) is 6.07 Å². The fraction of sp³-hybridized carbons (Fsp3) is 0.562. The second-order valence-corrected chi connectivity index (χ2v) is 7.54. The molecule has 2 aliphatic heterocycles. The fourth-order valence-electron chi connectivity index (χ4n) is 2.73. The van der Waals surface area contributed by atoms with E-state index in [-0.39, 0.29) is 17.4 Å². The predicted molar refractivity (Wildman–Crippen MR) is 85.6 cm³/mol. The second-order valence-electron chi connectivity index (χ2n) is 5.86. The van der Waals surface area contributed by atoms with E-state index in [9.17, 15) is 13.2 Å². The molecule has 2 aliphatic rings. The Morgan fingerprint density at radius 2 is 1.92 bits per heavy atom. The maximum Gasteiger partial charge on any atom is 0.264 e. The summed E-state index contributed by atoms with van der Waals surface area (Å²) >= 11 is 0. The van der Waals surface area contributed by atoms with Crippen molar-refractivity contribution in [3.63, 3.8) is 0 Å². The minimum absolute atomic E-state index is 0.0165. The van der Waals surface area contributed by atoms with E-state index in [4.69, 9.17) is 14.2 Å². The third kappa shape index (κ3) is 4.18. The summed E-state index contributed by atoms with van der Waals surface area (Å²) in [4.78, 5) is 11.9. The van der Waals surface area contributed by atoms with Crippen molar-refractivity contribution in [2.45, 2.75) is 43.1 Å². The Hall–Kier alpha value is -1.80. The topological polar surface area (TPSA) is 90.9 Å². The molecule has 7 nitrogen and oxygen atoms in total. The summed E-state index contributed by atoms with van der Waals surface area (Å²) < 4.78 is 43.2. The highest BCUT2D eigenvalue weighted by atomic mass is 32.2. The van der Waals surface area contributed by atoms with Gasteiger partial charge in [-0.25, -0.2) is 13.1 Å². The van der Waals surface area contributed by atoms with Crippen LogP contribution >= 0.6 is 0 Å². The van der Waals surface area contributed by atoms with E-state index in [1.807, 2.05) is 0 Å². The van der Waals surface area contributed by atoms with E-state index in [1.165, 1.54) is 12.1 Å². The average Bonchev–Trinajstić information content (AvgIpc) is 2.96. The number of fused-ring (bicyclic) bond motifs is 1. The van der Waals surface area contributed by atoms with Crippen LogP contribution in [0.5, 0.6) is 11.5 Å². The van der Waals surface area contributed by atoms with Crippen molar-refractivity contribution in [3.05, 3.63) is 18.2 Å². The molecule has 0 unspecified atom stereocenters. The molecular weight excluding hydrogens is 334 g/mol. The number of carbonyl (C=O) groups excluding carboxylic acids is 1. The van der Waals surface area contributed by atoms with Crippen LogP contribution in [0.4, 0.5) is 0 Å². The number of hydrogen-bond donors (Lipinski definition) is 1. The fourth-order valence-corrected chi connectivity index (χ4v) is 3.76. The van der Waals surface area contributed by atoms with Gasteiger partial charge in [0.25, 0.3) is 10.0 Å². The lowest BCUT2D eigenvalue weighted by Crippen LogP contribution is -2.31. The molecule has 3 rings (SSSR count). The van der Waals surface area contributed by atoms with Gasteiger partial charge in [-0.3, -0.25) is 4.79 Å². The maximum atomic E-state index is 12.4. The Kier molecular flexibility index (Phi) is 5.25. The third-order valence-corrected chi connectivity index (χ3v) is 5.37. The molecule has 0 saturated carbocycles. The van der Waals surface area contributed by atoms with Gasteiger partial charge in [-0.1, -0.05) is 0 Å². The molecule has 0 aromatic heterocycles. The molecule has 1 saturated heterocycles. The third-order valence-electron chi connectivity index (χ3n) is 3.99. The molecule has 1 amide bonds. The van der Waals surface area contributed by atoms with Crippen molar-refractivity contribution in [2.75, 3.05) is 19.8 Å². The minimum Gasteiger partial charge on any atom is -0.490 e. The average molecular weight is 355 g/mol. The molecule has 0 aliphatic carbocycles. The molecule has 2 heterocycles. The van der Waals surface area contributed by atoms with Crippen molar-refractivity contribution < 1.29 is 27.4 Å². The van der Waals surface area contributed by atoms with Crippen LogP contribution in [0.25, 0.3) is 0 Å². The Morgan fingerprint density at radius 3 is 2.67 bits per heavy atom. The maximum absolute atomic E-state index is 12.4. The van der Waals surface area contributed by atoms with E-state index >= 15 is 0 Å². The molecule has 0 radical (unpaired) electrons. The molecule has 0 spiro atoms. The minimum atomic E-state index is -3.93. The summed E-state index contributed by atoms with van der Waals surface area (Å²) in [7, 11) is -3.93. The van der Waals surface area contributed by atoms with Gasteiger partial charge in [0.2, 0.25) is 5.91 Å². The van der Waals surface area contributed by atoms with Gasteiger partial charge in [-0.2, -0.15) is 0 Å². The van der Waals surface area contributed by atoms with E-state index in [2.05, 4.69) is 4.72 Å². The zero-order valence-electron chi connectivity index (χ0n) is 13.3. The van der Waals surface area contributed by atoms with Crippen LogP contribution in [-0.4, -0.2) is 40.2 Å². The normalized spacial score (nSPS) is 20.4. The molecule has 1 atom stereocenters. The predicted octanol–water partition coefficient (Wildman–Crippen LogP) is 1.61. The monoisotopic (exact) mass is 355 g/mol. The molecular formula is C16H21NO6S. The Bertz CT molecular complexity index is 697. The molecule has 8 heteroatoms. The van der Waals surface area contributed by atoms with Crippen molar-refractivity contribution in [3.8, 4) is 11.5 Å². The summed E-state index contributed by atoms with van der Waals surface area (Å²) in [5.74, 6) is 0.357. The summed E-state index contributed by atoms with van der Waals surface area (Å²) in [5.41, 5.74) is 0. The smallest absolute Gasteiger partial charge is 0.264 e. The Balaban J connectivity index is 1.64. The zero-order valence-corrected chi connectivity index (χ0v) is 14.1. The van der Waals surface area contributed by atoms with Crippen LogP contribution in [0, 0.1) is 0 Å². The van der Waals surface area contributed by atoms with Crippen LogP contribution in [0.15, 0.2) is 23.1 Å². The highest BCUT2D eigenvalue weighted by Gasteiger charge is 2.22. The Labute approximate surface area is 141 Å². The summed E-state index contributed by atoms with van der Waals surface area (Å²) in [6, 6.07) is 4.34. The van der Waals surface area contributed by atoms with Crippen LogP contribution in [0.3, 0.4) is 0 Å². The number of benzene rings is 1. The number of nitrogens with one attached hydrogen (secondary N) is 1. The van der Waals surface area contributed by atoms with Gasteiger partial charge in [0.05, 0.1) is 24.2 Å². The standard InChI is InChI=1S/C16H21NO6S/c18-16(7-4-12-3-1-8-21-12)17-24(19,20)13-5-6-14-15(11-13)23-10-2-9-22-14/h5-6,11-12H,1-4,7-10H2,(H,17,18)/t12-/m0/s1. The quantitative estimate of drug-likeness (QED) is 0.863. The van der Waals surface area contributed by atoms with Gasteiger partial charge >= 0.3 is 0 Å². The SMILES string of the molecule is O=C(CC[C@@H]1CCCO1)NS(=O)(=O)c1ccc2c(c1)OCCCO2. The van der Waals surface area contributed by atoms with Crippen molar-refractivity contribution in [2.24, 2.45) is 0 Å². The lowest BCUT2D eigenvalue weighted by Gasteiger charge is -2.12. The molecule has 132 valence electrons. The first-order valence-electron chi connectivity index (χ1n) is 8.11. The molecule has 1 fully saturated rings. The number of ether oxygens (including phenoxy) is 3. The molecule has 0 bridgehead atoms. The van der Waals surface area contributed by atoms with E-state index in [0.717, 1.165) is 19.3 Å². The first-order chi connectivity index (χ1) is 11.5. The number of sulfonamides is 1. The molecule has 1 aromatic carbocycles. The van der Waals surface area contributed by atoms with Crippen LogP contribution in [-0.2, 0) is 19.6 Å². The van der Waals surface area contributed by atoms with Gasteiger partial charge in [-0.05, 0) is 31.4 Å². The van der Waals surface area contributed by atoms with Gasteiger partial charge < -0.3 is 14.2 Å². The Morgan fingerprint density at radius 1 is 1.12 bits per heavy atom. The van der Waals surface area contributed by atoms with Crippen molar-refractivity contribution in [1.82, 2.24) is 4.72 Å². The summed E-state index contributed by atoms with van der Waals surface area (Å²) in [6.07, 6.45) is 3.34. The lowest BCUT2D eigenvalue weighted by molar-refractivity contribution is -0.119. The zero-order chi connectivity index (χ0) is 17.0. The first kappa shape index (κ1) is 17.0. The second kappa shape index (κ2) is 7.40. The largest absolute Gasteiger partial charge is 0.490 e. The van der Waals surface area contributed by atoms with Crippen molar-refractivity contribution >= 4 is 15.9 Å². The molecule has 24 heavy (non-hydrogen) atoms. The van der Waals surface area contributed by atoms with Gasteiger partial charge in [0.1, 0.15) is 0 Å². The number of amides is 1. The number of hydrogen-bond acceptors (Lipinski definition) is 6. The summed E-state index contributed by atoms with van der Waals surface area (Å²) in [6.45, 7) is 1.70. The highest BCUT2D eigenvalue weighted by molar-refractivity contribution is 7.90. The van der Waals surface area contributed by atoms with Crippen LogP contribution in [0.1, 0.15) is 32.1 Å². The molecule has 1 N–H and O–H groups in total.